The second-order valence-corrected chi connectivity index (χ2v) is 8.13. The van der Waals surface area contributed by atoms with Gasteiger partial charge in [0, 0.05) is 33.4 Å². The Morgan fingerprint density at radius 3 is 2.77 bits per heavy atom. The van der Waals surface area contributed by atoms with Gasteiger partial charge in [0.05, 0.1) is 10.5 Å². The molecule has 5 nitrogen and oxygen atoms in total. The minimum absolute atomic E-state index is 0.297. The Hall–Kier alpha value is -0.950. The Morgan fingerprint density at radius 2 is 2.09 bits per heavy atom. The van der Waals surface area contributed by atoms with Gasteiger partial charge >= 0.3 is 0 Å². The van der Waals surface area contributed by atoms with Crippen LogP contribution in [0.5, 0.6) is 0 Å². The minimum atomic E-state index is -3.42. The largest absolute Gasteiger partial charge is 0.385 e. The van der Waals surface area contributed by atoms with Crippen molar-refractivity contribution in [1.29, 1.82) is 0 Å². The zero-order chi connectivity index (χ0) is 15.8. The summed E-state index contributed by atoms with van der Waals surface area (Å²) in [5, 5.41) is 0. The maximum absolute atomic E-state index is 12.7. The van der Waals surface area contributed by atoms with Crippen LogP contribution in [-0.2, 0) is 19.5 Å². The van der Waals surface area contributed by atoms with Gasteiger partial charge in [0.2, 0.25) is 10.0 Å². The van der Waals surface area contributed by atoms with Crippen molar-refractivity contribution in [1.82, 2.24) is 4.31 Å². The van der Waals surface area contributed by atoms with Crippen molar-refractivity contribution in [3.63, 3.8) is 0 Å². The highest BCUT2D eigenvalue weighted by atomic mass is 32.2. The second-order valence-electron chi connectivity index (χ2n) is 6.22. The molecule has 1 aromatic carbocycles. The SMILES string of the molecule is COCC[C@@H]1CCOC12CN(S(=O)(=O)c1ccccc1C)C2. The van der Waals surface area contributed by atoms with Gasteiger partial charge in [-0.05, 0) is 37.3 Å². The van der Waals surface area contributed by atoms with Gasteiger partial charge in [0.15, 0.2) is 0 Å². The minimum Gasteiger partial charge on any atom is -0.385 e. The lowest BCUT2D eigenvalue weighted by atomic mass is 9.80. The quantitative estimate of drug-likeness (QED) is 0.828. The van der Waals surface area contributed by atoms with E-state index in [1.807, 2.05) is 19.1 Å². The van der Waals surface area contributed by atoms with Crippen LogP contribution in [0, 0.1) is 12.8 Å². The molecule has 3 rings (SSSR count). The summed E-state index contributed by atoms with van der Waals surface area (Å²) in [7, 11) is -1.73. The van der Waals surface area contributed by atoms with E-state index in [2.05, 4.69) is 0 Å². The zero-order valence-corrected chi connectivity index (χ0v) is 13.9. The summed E-state index contributed by atoms with van der Waals surface area (Å²) in [6.07, 6.45) is 1.91. The topological polar surface area (TPSA) is 55.8 Å². The van der Waals surface area contributed by atoms with Gasteiger partial charge in [-0.25, -0.2) is 8.42 Å². The molecule has 2 saturated heterocycles. The third kappa shape index (κ3) is 2.58. The van der Waals surface area contributed by atoms with Crippen molar-refractivity contribution in [3.05, 3.63) is 29.8 Å². The van der Waals surface area contributed by atoms with Gasteiger partial charge in [-0.1, -0.05) is 18.2 Å². The van der Waals surface area contributed by atoms with E-state index in [9.17, 15) is 8.42 Å². The molecule has 0 N–H and O–H groups in total. The Balaban J connectivity index is 1.74. The van der Waals surface area contributed by atoms with Gasteiger partial charge in [-0.15, -0.1) is 0 Å². The van der Waals surface area contributed by atoms with E-state index in [4.69, 9.17) is 9.47 Å². The van der Waals surface area contributed by atoms with Crippen molar-refractivity contribution in [2.24, 2.45) is 5.92 Å². The molecule has 2 aliphatic heterocycles. The Bertz CT molecular complexity index is 637. The predicted molar refractivity (Wildman–Crippen MR) is 83.2 cm³/mol. The summed E-state index contributed by atoms with van der Waals surface area (Å²) in [6.45, 7) is 4.15. The molecule has 6 heteroatoms. The average Bonchev–Trinajstić information content (AvgIpc) is 2.87. The van der Waals surface area contributed by atoms with Crippen LogP contribution < -0.4 is 0 Å². The summed E-state index contributed by atoms with van der Waals surface area (Å²) in [4.78, 5) is 0.399. The molecule has 0 aliphatic carbocycles. The van der Waals surface area contributed by atoms with Crippen LogP contribution in [0.25, 0.3) is 0 Å². The molecule has 0 bridgehead atoms. The lowest BCUT2D eigenvalue weighted by Crippen LogP contribution is -2.66. The number of methoxy groups -OCH3 is 1. The first-order valence-electron chi connectivity index (χ1n) is 7.68. The number of aryl methyl sites for hydroxylation is 1. The van der Waals surface area contributed by atoms with Crippen LogP contribution >= 0.6 is 0 Å². The van der Waals surface area contributed by atoms with Gasteiger partial charge in [-0.2, -0.15) is 4.31 Å². The first kappa shape index (κ1) is 15.9. The summed E-state index contributed by atoms with van der Waals surface area (Å²) < 4.78 is 38.1. The van der Waals surface area contributed by atoms with Crippen LogP contribution in [-0.4, -0.2) is 51.7 Å². The summed E-state index contributed by atoms with van der Waals surface area (Å²) >= 11 is 0. The molecule has 2 heterocycles. The van der Waals surface area contributed by atoms with E-state index in [0.717, 1.165) is 18.4 Å². The summed E-state index contributed by atoms with van der Waals surface area (Å²) in [6, 6.07) is 7.12. The first-order chi connectivity index (χ1) is 10.5. The highest BCUT2D eigenvalue weighted by Crippen LogP contribution is 2.43. The van der Waals surface area contributed by atoms with Crippen molar-refractivity contribution in [2.45, 2.75) is 30.3 Å². The lowest BCUT2D eigenvalue weighted by molar-refractivity contribution is -0.105. The van der Waals surface area contributed by atoms with Crippen molar-refractivity contribution >= 4 is 10.0 Å². The molecule has 1 aromatic rings. The van der Waals surface area contributed by atoms with Crippen molar-refractivity contribution in [2.75, 3.05) is 33.4 Å². The van der Waals surface area contributed by atoms with Crippen LogP contribution in [0.3, 0.4) is 0 Å². The highest BCUT2D eigenvalue weighted by Gasteiger charge is 2.56. The molecule has 0 radical (unpaired) electrons. The van der Waals surface area contributed by atoms with E-state index in [1.54, 1.807) is 23.5 Å². The maximum atomic E-state index is 12.7. The number of benzene rings is 1. The van der Waals surface area contributed by atoms with Gasteiger partial charge in [-0.3, -0.25) is 0 Å². The molecule has 0 unspecified atom stereocenters. The van der Waals surface area contributed by atoms with E-state index in [0.29, 0.717) is 37.1 Å². The number of hydrogen-bond acceptors (Lipinski definition) is 4. The molecule has 22 heavy (non-hydrogen) atoms. The fourth-order valence-corrected chi connectivity index (χ4v) is 5.29. The first-order valence-corrected chi connectivity index (χ1v) is 9.12. The number of sulfonamides is 1. The Morgan fingerprint density at radius 1 is 1.36 bits per heavy atom. The Labute approximate surface area is 132 Å². The van der Waals surface area contributed by atoms with E-state index in [1.165, 1.54) is 0 Å². The van der Waals surface area contributed by atoms with E-state index < -0.39 is 10.0 Å². The average molecular weight is 325 g/mol. The monoisotopic (exact) mass is 325 g/mol. The number of nitrogens with zero attached hydrogens (tertiary/aromatic N) is 1. The Kier molecular flexibility index (Phi) is 4.29. The predicted octanol–water partition coefficient (Wildman–Crippen LogP) is 1.81. The van der Waals surface area contributed by atoms with Crippen LogP contribution in [0.4, 0.5) is 0 Å². The third-order valence-electron chi connectivity index (χ3n) is 4.87. The van der Waals surface area contributed by atoms with Crippen LogP contribution in [0.15, 0.2) is 29.2 Å². The molecular formula is C16H23NO4S. The molecule has 1 atom stereocenters. The smallest absolute Gasteiger partial charge is 0.243 e. The number of hydrogen-bond donors (Lipinski definition) is 0. The number of rotatable bonds is 5. The molecular weight excluding hydrogens is 302 g/mol. The molecule has 2 aliphatic rings. The van der Waals surface area contributed by atoms with Crippen molar-refractivity contribution in [3.8, 4) is 0 Å². The normalized spacial score (nSPS) is 24.5. The molecule has 1 spiro atoms. The summed E-state index contributed by atoms with van der Waals surface area (Å²) in [5.74, 6) is 0.385. The van der Waals surface area contributed by atoms with Gasteiger partial charge in [0.25, 0.3) is 0 Å². The van der Waals surface area contributed by atoms with Gasteiger partial charge < -0.3 is 9.47 Å². The highest BCUT2D eigenvalue weighted by molar-refractivity contribution is 7.89. The third-order valence-corrected chi connectivity index (χ3v) is 6.82. The molecule has 0 aromatic heterocycles. The summed E-state index contributed by atoms with van der Waals surface area (Å²) in [5.41, 5.74) is 0.487. The lowest BCUT2D eigenvalue weighted by Gasteiger charge is -2.49. The fourth-order valence-electron chi connectivity index (χ4n) is 3.51. The standard InChI is InChI=1S/C16H23NO4S/c1-13-5-3-4-6-15(13)22(18,19)17-11-16(12-17)14(7-9-20-2)8-10-21-16/h3-6,14H,7-12H2,1-2H3/t14-/m1/s1. The molecule has 122 valence electrons. The second kappa shape index (κ2) is 5.92. The fraction of sp³-hybridized carbons (Fsp3) is 0.625. The molecule has 0 amide bonds. The maximum Gasteiger partial charge on any atom is 0.243 e. The van der Waals surface area contributed by atoms with Crippen molar-refractivity contribution < 1.29 is 17.9 Å². The number of ether oxygens (including phenoxy) is 2. The molecule has 2 fully saturated rings. The molecule has 0 saturated carbocycles. The van der Waals surface area contributed by atoms with E-state index in [-0.39, 0.29) is 5.60 Å². The zero-order valence-electron chi connectivity index (χ0n) is 13.1. The van der Waals surface area contributed by atoms with E-state index >= 15 is 0 Å². The van der Waals surface area contributed by atoms with Crippen LogP contribution in [0.2, 0.25) is 0 Å². The van der Waals surface area contributed by atoms with Gasteiger partial charge in [0.1, 0.15) is 0 Å². The van der Waals surface area contributed by atoms with Crippen LogP contribution in [0.1, 0.15) is 18.4 Å².